The summed E-state index contributed by atoms with van der Waals surface area (Å²) >= 11 is 0. The Labute approximate surface area is 433 Å². The van der Waals surface area contributed by atoms with Crippen molar-refractivity contribution >= 4 is 108 Å². The van der Waals surface area contributed by atoms with E-state index >= 15 is 0 Å². The Morgan fingerprint density at radius 3 is 0.933 bits per heavy atom. The first kappa shape index (κ1) is 44.2. The highest BCUT2D eigenvalue weighted by molar-refractivity contribution is 6.12. The van der Waals surface area contributed by atoms with Crippen LogP contribution in [0.15, 0.2) is 218 Å². The molecule has 6 heteroatoms. The minimum absolute atomic E-state index is 0.228. The average molecular weight is 955 g/mol. The van der Waals surface area contributed by atoms with Crippen molar-refractivity contribution in [2.24, 2.45) is 0 Å². The van der Waals surface area contributed by atoms with Gasteiger partial charge in [-0.15, -0.1) is 0 Å². The van der Waals surface area contributed by atoms with Gasteiger partial charge in [0.25, 0.3) is 0 Å². The van der Waals surface area contributed by atoms with Gasteiger partial charge in [-0.2, -0.15) is 10.5 Å². The standard InChI is InChI=1S/C69H42N6/c1-72-69-56(36-30-47-33-39-67-59(42-47)54-24-12-15-27-64(54)74(67)50-19-7-3-8-20-50)61(44-70)52(35-29-46-32-38-66-58(41-46)53-23-11-14-26-63(53)73(66)49-17-5-2-6-18-49)62(45-71)57(69)37-31-48-34-40-68-60(43-48)55-25-13-16-28-65(55)75(68)51-21-9-4-10-22-51/h2-43H. The second kappa shape index (κ2) is 18.5. The molecule has 6 nitrogen and oxygen atoms in total. The molecule has 10 aromatic carbocycles. The van der Waals surface area contributed by atoms with Crippen molar-refractivity contribution in [2.75, 3.05) is 0 Å². The summed E-state index contributed by atoms with van der Waals surface area (Å²) in [6, 6.07) is 80.3. The van der Waals surface area contributed by atoms with Gasteiger partial charge in [-0.1, -0.05) is 164 Å². The molecule has 13 rings (SSSR count). The molecular weight excluding hydrogens is 913 g/mol. The summed E-state index contributed by atoms with van der Waals surface area (Å²) in [5, 5.41) is 29.0. The Morgan fingerprint density at radius 2 is 0.613 bits per heavy atom. The number of rotatable bonds is 9. The minimum atomic E-state index is 0.228. The summed E-state index contributed by atoms with van der Waals surface area (Å²) in [4.78, 5) is 4.13. The quantitative estimate of drug-likeness (QED) is 0.107. The van der Waals surface area contributed by atoms with Gasteiger partial charge in [0.1, 0.15) is 0 Å². The summed E-state index contributed by atoms with van der Waals surface area (Å²) in [7, 11) is 0. The van der Waals surface area contributed by atoms with Gasteiger partial charge in [0, 0.05) is 54.9 Å². The van der Waals surface area contributed by atoms with Crippen LogP contribution in [0.1, 0.15) is 44.5 Å². The van der Waals surface area contributed by atoms with Crippen LogP contribution in [0.3, 0.4) is 0 Å². The van der Waals surface area contributed by atoms with Gasteiger partial charge >= 0.3 is 0 Å². The summed E-state index contributed by atoms with van der Waals surface area (Å²) in [5.74, 6) is 0. The third kappa shape index (κ3) is 7.48. The highest BCUT2D eigenvalue weighted by Crippen LogP contribution is 2.41. The van der Waals surface area contributed by atoms with Crippen LogP contribution in [-0.4, -0.2) is 13.7 Å². The predicted molar refractivity (Wildman–Crippen MR) is 311 cm³/mol. The van der Waals surface area contributed by atoms with E-state index in [0.717, 1.165) is 99.2 Å². The van der Waals surface area contributed by atoms with Crippen molar-refractivity contribution in [3.8, 4) is 29.2 Å². The largest absolute Gasteiger partial charge is 0.309 e. The van der Waals surface area contributed by atoms with E-state index in [1.165, 1.54) is 0 Å². The predicted octanol–water partition coefficient (Wildman–Crippen LogP) is 17.8. The molecule has 0 spiro atoms. The fraction of sp³-hybridized carbons (Fsp3) is 0. The zero-order valence-corrected chi connectivity index (χ0v) is 40.4. The molecule has 0 atom stereocenters. The van der Waals surface area contributed by atoms with Crippen LogP contribution >= 0.6 is 0 Å². The molecule has 13 aromatic rings. The van der Waals surface area contributed by atoms with Crippen LogP contribution < -0.4 is 0 Å². The third-order valence-corrected chi connectivity index (χ3v) is 14.4. The lowest BCUT2D eigenvalue weighted by Crippen LogP contribution is -1.98. The minimum Gasteiger partial charge on any atom is -0.309 e. The number of hydrogen-bond donors (Lipinski definition) is 0. The molecule has 0 unspecified atom stereocenters. The lowest BCUT2D eigenvalue weighted by atomic mass is 9.88. The summed E-state index contributed by atoms with van der Waals surface area (Å²) in [6.45, 7) is 8.73. The fourth-order valence-electron chi connectivity index (χ4n) is 11.0. The highest BCUT2D eigenvalue weighted by Gasteiger charge is 2.22. The second-order valence-electron chi connectivity index (χ2n) is 18.6. The first-order valence-corrected chi connectivity index (χ1v) is 24.8. The number of nitriles is 2. The smallest absolute Gasteiger partial charge is 0.204 e. The van der Waals surface area contributed by atoms with Gasteiger partial charge in [-0.25, -0.2) is 4.85 Å². The molecule has 75 heavy (non-hydrogen) atoms. The molecule has 0 fully saturated rings. The Hall–Kier alpha value is -10.7. The molecule has 0 bridgehead atoms. The van der Waals surface area contributed by atoms with E-state index in [0.29, 0.717) is 16.7 Å². The van der Waals surface area contributed by atoms with Crippen LogP contribution in [0, 0.1) is 29.2 Å². The molecule has 0 radical (unpaired) electrons. The topological polar surface area (TPSA) is 66.7 Å². The molecule has 0 aliphatic rings. The zero-order valence-electron chi connectivity index (χ0n) is 40.4. The number of para-hydroxylation sites is 6. The molecule has 3 heterocycles. The maximum absolute atomic E-state index is 11.2. The summed E-state index contributed by atoms with van der Waals surface area (Å²) < 4.78 is 6.83. The van der Waals surface area contributed by atoms with Crippen molar-refractivity contribution in [3.05, 3.63) is 274 Å². The highest BCUT2D eigenvalue weighted by atomic mass is 15.0. The van der Waals surface area contributed by atoms with E-state index in [1.807, 2.05) is 91.1 Å². The van der Waals surface area contributed by atoms with Gasteiger partial charge < -0.3 is 13.7 Å². The summed E-state index contributed by atoms with van der Waals surface area (Å²) in [5.41, 5.74) is 14.5. The fourth-order valence-corrected chi connectivity index (χ4v) is 11.0. The van der Waals surface area contributed by atoms with Crippen molar-refractivity contribution in [3.63, 3.8) is 0 Å². The maximum atomic E-state index is 11.2. The third-order valence-electron chi connectivity index (χ3n) is 14.4. The molecule has 0 saturated heterocycles. The molecule has 0 N–H and O–H groups in total. The van der Waals surface area contributed by atoms with Crippen LogP contribution in [-0.2, 0) is 0 Å². The van der Waals surface area contributed by atoms with Crippen LogP contribution in [0.4, 0.5) is 5.69 Å². The first-order chi connectivity index (χ1) is 37.1. The molecule has 3 aromatic heterocycles. The SMILES string of the molecule is [C-]#[N+]c1c(C=Cc2ccc3c(c2)c2ccccc2n3-c2ccccc2)c(C#N)c(C=Cc2ccc3c(c2)c2ccccc2n3-c2ccccc2)c(C#N)c1C=Cc1ccc2c(c1)c1ccccc1n2-c1ccccc1. The summed E-state index contributed by atoms with van der Waals surface area (Å²) in [6.07, 6.45) is 11.5. The number of fused-ring (bicyclic) bond motifs is 9. The van der Waals surface area contributed by atoms with Gasteiger partial charge in [0.15, 0.2) is 0 Å². The normalized spacial score (nSPS) is 11.8. The Kier molecular flexibility index (Phi) is 10.9. The van der Waals surface area contributed by atoms with E-state index in [4.69, 9.17) is 6.57 Å². The van der Waals surface area contributed by atoms with E-state index in [-0.39, 0.29) is 16.8 Å². The molecular formula is C69H42N6. The lowest BCUT2D eigenvalue weighted by molar-refractivity contribution is 1.18. The Balaban J connectivity index is 0.974. The van der Waals surface area contributed by atoms with Crippen LogP contribution in [0.25, 0.3) is 124 Å². The van der Waals surface area contributed by atoms with Crippen molar-refractivity contribution in [1.29, 1.82) is 10.5 Å². The molecule has 0 saturated carbocycles. The van der Waals surface area contributed by atoms with Gasteiger partial charge in [0.2, 0.25) is 5.69 Å². The maximum Gasteiger partial charge on any atom is 0.204 e. The van der Waals surface area contributed by atoms with Crippen molar-refractivity contribution < 1.29 is 0 Å². The van der Waals surface area contributed by atoms with E-state index < -0.39 is 0 Å². The van der Waals surface area contributed by atoms with Crippen molar-refractivity contribution in [1.82, 2.24) is 13.7 Å². The van der Waals surface area contributed by atoms with Gasteiger partial charge in [-0.05, 0) is 119 Å². The van der Waals surface area contributed by atoms with Crippen LogP contribution in [0.5, 0.6) is 0 Å². The van der Waals surface area contributed by atoms with E-state index in [2.05, 4.69) is 194 Å². The van der Waals surface area contributed by atoms with E-state index in [9.17, 15) is 10.5 Å². The van der Waals surface area contributed by atoms with Gasteiger partial charge in [0.05, 0.1) is 62.9 Å². The zero-order chi connectivity index (χ0) is 50.4. The van der Waals surface area contributed by atoms with E-state index in [1.54, 1.807) is 0 Å². The Morgan fingerprint density at radius 1 is 0.320 bits per heavy atom. The molecule has 348 valence electrons. The number of hydrogen-bond acceptors (Lipinski definition) is 2. The molecule has 0 aliphatic heterocycles. The first-order valence-electron chi connectivity index (χ1n) is 24.8. The molecule has 0 aliphatic carbocycles. The number of nitrogens with zero attached hydrogens (tertiary/aromatic N) is 6. The average Bonchev–Trinajstić information content (AvgIpc) is 4.11. The van der Waals surface area contributed by atoms with Crippen molar-refractivity contribution in [2.45, 2.75) is 0 Å². The Bertz CT molecular complexity index is 4160. The lowest BCUT2D eigenvalue weighted by Gasteiger charge is -2.14. The number of benzene rings is 10. The number of aromatic nitrogens is 3. The van der Waals surface area contributed by atoms with Gasteiger partial charge in [-0.3, -0.25) is 0 Å². The second-order valence-corrected chi connectivity index (χ2v) is 18.6. The monoisotopic (exact) mass is 954 g/mol. The molecule has 0 amide bonds. The van der Waals surface area contributed by atoms with Crippen LogP contribution in [0.2, 0.25) is 0 Å².